The Bertz CT molecular complexity index is 642. The first kappa shape index (κ1) is 13.9. The minimum atomic E-state index is -0.371. The lowest BCUT2D eigenvalue weighted by Crippen LogP contribution is -1.97. The van der Waals surface area contributed by atoms with Crippen LogP contribution in [-0.2, 0) is 0 Å². The van der Waals surface area contributed by atoms with Gasteiger partial charge in [-0.05, 0) is 36.6 Å². The fraction of sp³-hybridized carbons (Fsp3) is 0.188. The summed E-state index contributed by atoms with van der Waals surface area (Å²) in [7, 11) is 1.46. The second kappa shape index (κ2) is 6.58. The van der Waals surface area contributed by atoms with Gasteiger partial charge in [0, 0.05) is 12.3 Å². The molecule has 1 heterocycles. The third kappa shape index (κ3) is 3.72. The molecule has 0 aliphatic carbocycles. The van der Waals surface area contributed by atoms with Crippen LogP contribution >= 0.6 is 0 Å². The lowest BCUT2D eigenvalue weighted by Gasteiger charge is -2.07. The average Bonchev–Trinajstić information content (AvgIpc) is 2.46. The summed E-state index contributed by atoms with van der Waals surface area (Å²) in [6, 6.07) is 7.89. The van der Waals surface area contributed by atoms with Gasteiger partial charge < -0.3 is 9.47 Å². The lowest BCUT2D eigenvalue weighted by atomic mass is 10.3. The molecule has 0 bridgehead atoms. The molecule has 0 unspecified atom stereocenters. The maximum absolute atomic E-state index is 13.0. The van der Waals surface area contributed by atoms with Gasteiger partial charge in [0.1, 0.15) is 18.1 Å². The van der Waals surface area contributed by atoms with E-state index >= 15 is 0 Å². The fourth-order valence-corrected chi connectivity index (χ4v) is 1.54. The molecule has 0 aliphatic rings. The van der Waals surface area contributed by atoms with Crippen molar-refractivity contribution in [1.29, 1.82) is 0 Å². The topological polar surface area (TPSA) is 31.4 Å². The molecule has 2 aromatic rings. The Kier molecular flexibility index (Phi) is 4.56. The standard InChI is InChI=1S/C16H14FNO2/c1-12-5-7-14(18-11-12)4-3-9-20-15-8-6-13(17)10-16(15)19-2/h5-8,10-11H,9H2,1-2H3. The van der Waals surface area contributed by atoms with Gasteiger partial charge in [0.25, 0.3) is 0 Å². The Balaban J connectivity index is 1.98. The van der Waals surface area contributed by atoms with Crippen molar-refractivity contribution in [3.05, 3.63) is 53.6 Å². The summed E-state index contributed by atoms with van der Waals surface area (Å²) in [6.45, 7) is 2.14. The molecular formula is C16H14FNO2. The van der Waals surface area contributed by atoms with Crippen LogP contribution in [0.1, 0.15) is 11.3 Å². The van der Waals surface area contributed by atoms with Gasteiger partial charge in [0.05, 0.1) is 7.11 Å². The maximum Gasteiger partial charge on any atom is 0.163 e. The summed E-state index contributed by atoms with van der Waals surface area (Å²) in [4.78, 5) is 4.16. The number of rotatable bonds is 3. The molecule has 0 fully saturated rings. The molecule has 1 aromatic carbocycles. The van der Waals surface area contributed by atoms with Crippen LogP contribution in [0.25, 0.3) is 0 Å². The average molecular weight is 271 g/mol. The van der Waals surface area contributed by atoms with E-state index in [4.69, 9.17) is 9.47 Å². The quantitative estimate of drug-likeness (QED) is 0.804. The number of aromatic nitrogens is 1. The monoisotopic (exact) mass is 271 g/mol. The molecule has 3 nitrogen and oxygen atoms in total. The predicted octanol–water partition coefficient (Wildman–Crippen LogP) is 2.97. The molecule has 4 heteroatoms. The third-order valence-corrected chi connectivity index (χ3v) is 2.55. The zero-order valence-electron chi connectivity index (χ0n) is 11.3. The molecule has 0 aliphatic heterocycles. The Morgan fingerprint density at radius 2 is 2.05 bits per heavy atom. The number of hydrogen-bond acceptors (Lipinski definition) is 3. The van der Waals surface area contributed by atoms with Gasteiger partial charge in [0.2, 0.25) is 0 Å². The van der Waals surface area contributed by atoms with Crippen LogP contribution in [0.2, 0.25) is 0 Å². The van der Waals surface area contributed by atoms with E-state index < -0.39 is 0 Å². The highest BCUT2D eigenvalue weighted by Crippen LogP contribution is 2.27. The number of hydrogen-bond donors (Lipinski definition) is 0. The molecule has 2 rings (SSSR count). The SMILES string of the molecule is COc1cc(F)ccc1OCC#Cc1ccc(C)cn1. The van der Waals surface area contributed by atoms with Crippen LogP contribution in [0.3, 0.4) is 0 Å². The first-order valence-electron chi connectivity index (χ1n) is 6.07. The first-order chi connectivity index (χ1) is 9.69. The molecule has 0 atom stereocenters. The number of methoxy groups -OCH3 is 1. The number of ether oxygens (including phenoxy) is 2. The van der Waals surface area contributed by atoms with Crippen molar-refractivity contribution in [2.75, 3.05) is 13.7 Å². The summed E-state index contributed by atoms with van der Waals surface area (Å²) in [6.07, 6.45) is 1.76. The van der Waals surface area contributed by atoms with E-state index in [0.717, 1.165) is 5.56 Å². The molecule has 20 heavy (non-hydrogen) atoms. The predicted molar refractivity (Wildman–Crippen MR) is 74.3 cm³/mol. The van der Waals surface area contributed by atoms with Gasteiger partial charge in [-0.25, -0.2) is 9.37 Å². The Morgan fingerprint density at radius 3 is 2.75 bits per heavy atom. The van der Waals surface area contributed by atoms with Crippen LogP contribution in [0.15, 0.2) is 36.5 Å². The molecule has 1 aromatic heterocycles. The molecule has 0 spiro atoms. The normalized spacial score (nSPS) is 9.55. The Morgan fingerprint density at radius 1 is 1.20 bits per heavy atom. The van der Waals surface area contributed by atoms with Crippen molar-refractivity contribution in [2.24, 2.45) is 0 Å². The van der Waals surface area contributed by atoms with Crippen LogP contribution in [0, 0.1) is 24.6 Å². The van der Waals surface area contributed by atoms with Crippen molar-refractivity contribution < 1.29 is 13.9 Å². The van der Waals surface area contributed by atoms with Gasteiger partial charge >= 0.3 is 0 Å². The summed E-state index contributed by atoms with van der Waals surface area (Å²) < 4.78 is 23.5. The Labute approximate surface area is 117 Å². The summed E-state index contributed by atoms with van der Waals surface area (Å²) in [5.74, 6) is 6.18. The van der Waals surface area contributed by atoms with E-state index in [1.165, 1.54) is 25.3 Å². The largest absolute Gasteiger partial charge is 0.493 e. The molecule has 0 saturated carbocycles. The van der Waals surface area contributed by atoms with E-state index in [9.17, 15) is 4.39 Å². The summed E-state index contributed by atoms with van der Waals surface area (Å²) in [5.41, 5.74) is 1.77. The van der Waals surface area contributed by atoms with Gasteiger partial charge in [-0.2, -0.15) is 0 Å². The van der Waals surface area contributed by atoms with E-state index in [1.54, 1.807) is 6.20 Å². The summed E-state index contributed by atoms with van der Waals surface area (Å²) >= 11 is 0. The molecular weight excluding hydrogens is 257 g/mol. The van der Waals surface area contributed by atoms with Crippen LogP contribution in [0.4, 0.5) is 4.39 Å². The molecule has 0 radical (unpaired) electrons. The zero-order chi connectivity index (χ0) is 14.4. The highest BCUT2D eigenvalue weighted by Gasteiger charge is 2.04. The smallest absolute Gasteiger partial charge is 0.163 e. The Hall–Kier alpha value is -2.54. The van der Waals surface area contributed by atoms with Crippen molar-refractivity contribution in [3.8, 4) is 23.3 Å². The lowest BCUT2D eigenvalue weighted by molar-refractivity contribution is 0.329. The van der Waals surface area contributed by atoms with E-state index in [-0.39, 0.29) is 12.4 Å². The van der Waals surface area contributed by atoms with Gasteiger partial charge in [-0.3, -0.25) is 0 Å². The molecule has 0 N–H and O–H groups in total. The zero-order valence-corrected chi connectivity index (χ0v) is 11.3. The molecule has 0 amide bonds. The van der Waals surface area contributed by atoms with E-state index in [1.807, 2.05) is 19.1 Å². The van der Waals surface area contributed by atoms with Crippen LogP contribution in [0.5, 0.6) is 11.5 Å². The molecule has 102 valence electrons. The highest BCUT2D eigenvalue weighted by atomic mass is 19.1. The highest BCUT2D eigenvalue weighted by molar-refractivity contribution is 5.40. The number of nitrogens with zero attached hydrogens (tertiary/aromatic N) is 1. The third-order valence-electron chi connectivity index (χ3n) is 2.55. The van der Waals surface area contributed by atoms with Crippen LogP contribution < -0.4 is 9.47 Å². The minimum absolute atomic E-state index is 0.178. The van der Waals surface area contributed by atoms with Gasteiger partial charge in [-0.1, -0.05) is 12.0 Å². The van der Waals surface area contributed by atoms with Crippen LogP contribution in [-0.4, -0.2) is 18.7 Å². The van der Waals surface area contributed by atoms with Gasteiger partial charge in [0.15, 0.2) is 11.5 Å². The van der Waals surface area contributed by atoms with Crippen molar-refractivity contribution in [3.63, 3.8) is 0 Å². The van der Waals surface area contributed by atoms with Crippen molar-refractivity contribution in [1.82, 2.24) is 4.98 Å². The first-order valence-corrected chi connectivity index (χ1v) is 6.07. The second-order valence-corrected chi connectivity index (χ2v) is 4.11. The second-order valence-electron chi connectivity index (χ2n) is 4.11. The number of halogens is 1. The fourth-order valence-electron chi connectivity index (χ4n) is 1.54. The molecule has 0 saturated heterocycles. The number of benzene rings is 1. The number of pyridine rings is 1. The van der Waals surface area contributed by atoms with Crippen molar-refractivity contribution in [2.45, 2.75) is 6.92 Å². The minimum Gasteiger partial charge on any atom is -0.493 e. The van der Waals surface area contributed by atoms with E-state index in [0.29, 0.717) is 17.2 Å². The van der Waals surface area contributed by atoms with Gasteiger partial charge in [-0.15, -0.1) is 0 Å². The number of aryl methyl sites for hydroxylation is 1. The maximum atomic E-state index is 13.0. The van der Waals surface area contributed by atoms with E-state index in [2.05, 4.69) is 16.8 Å². The van der Waals surface area contributed by atoms with Crippen molar-refractivity contribution >= 4 is 0 Å². The summed E-state index contributed by atoms with van der Waals surface area (Å²) in [5, 5.41) is 0.